The normalized spacial score (nSPS) is 11.9. The van der Waals surface area contributed by atoms with Gasteiger partial charge in [0, 0.05) is 18.8 Å². The lowest BCUT2D eigenvalue weighted by Crippen LogP contribution is -2.20. The molecule has 8 heteroatoms. The van der Waals surface area contributed by atoms with Crippen LogP contribution in [-0.2, 0) is 11.8 Å². The predicted molar refractivity (Wildman–Crippen MR) is 65.8 cm³/mol. The molecule has 1 atom stereocenters. The second kappa shape index (κ2) is 5.34. The van der Waals surface area contributed by atoms with E-state index in [0.29, 0.717) is 17.3 Å². The Morgan fingerprint density at radius 2 is 2.26 bits per heavy atom. The standard InChI is InChI=1S/C11H13N5O3/c1-16-6-7(3-13-16)10(11(17)18)15-8-4-12-5-9(14-8)19-2/h3-6,10H,1-2H3,(H,14,15)(H,17,18). The highest BCUT2D eigenvalue weighted by Crippen LogP contribution is 2.18. The number of aliphatic carboxylic acids is 1. The number of hydrogen-bond acceptors (Lipinski definition) is 6. The quantitative estimate of drug-likeness (QED) is 0.807. The van der Waals surface area contributed by atoms with Crippen LogP contribution in [0.4, 0.5) is 5.82 Å². The third-order valence-corrected chi connectivity index (χ3v) is 2.42. The van der Waals surface area contributed by atoms with E-state index < -0.39 is 12.0 Å². The van der Waals surface area contributed by atoms with E-state index in [4.69, 9.17) is 4.74 Å². The van der Waals surface area contributed by atoms with Crippen LogP contribution in [0.3, 0.4) is 0 Å². The fraction of sp³-hybridized carbons (Fsp3) is 0.273. The van der Waals surface area contributed by atoms with Crippen LogP contribution in [0.15, 0.2) is 24.8 Å². The number of rotatable bonds is 5. The van der Waals surface area contributed by atoms with Crippen molar-refractivity contribution in [2.45, 2.75) is 6.04 Å². The molecule has 100 valence electrons. The van der Waals surface area contributed by atoms with Gasteiger partial charge in [0.05, 0.1) is 25.7 Å². The Balaban J connectivity index is 2.23. The van der Waals surface area contributed by atoms with Gasteiger partial charge in [-0.3, -0.25) is 9.67 Å². The van der Waals surface area contributed by atoms with Crippen LogP contribution in [0.2, 0.25) is 0 Å². The third-order valence-electron chi connectivity index (χ3n) is 2.42. The highest BCUT2D eigenvalue weighted by Gasteiger charge is 2.21. The summed E-state index contributed by atoms with van der Waals surface area (Å²) in [5, 5.41) is 16.0. The van der Waals surface area contributed by atoms with E-state index in [0.717, 1.165) is 0 Å². The van der Waals surface area contributed by atoms with Crippen molar-refractivity contribution in [1.29, 1.82) is 0 Å². The second-order valence-corrected chi connectivity index (χ2v) is 3.81. The Kier molecular flexibility index (Phi) is 3.60. The molecule has 0 fully saturated rings. The number of carboxylic acids is 1. The zero-order valence-electron chi connectivity index (χ0n) is 10.4. The van der Waals surface area contributed by atoms with Crippen molar-refractivity contribution in [2.75, 3.05) is 12.4 Å². The molecule has 8 nitrogen and oxygen atoms in total. The first-order valence-corrected chi connectivity index (χ1v) is 5.44. The van der Waals surface area contributed by atoms with Gasteiger partial charge in [-0.2, -0.15) is 10.1 Å². The van der Waals surface area contributed by atoms with Crippen molar-refractivity contribution < 1.29 is 14.6 Å². The molecule has 2 rings (SSSR count). The van der Waals surface area contributed by atoms with E-state index >= 15 is 0 Å². The molecule has 0 amide bonds. The van der Waals surface area contributed by atoms with Crippen LogP contribution >= 0.6 is 0 Å². The monoisotopic (exact) mass is 263 g/mol. The third kappa shape index (κ3) is 2.97. The van der Waals surface area contributed by atoms with Gasteiger partial charge in [0.25, 0.3) is 0 Å². The number of carbonyl (C=O) groups is 1. The Morgan fingerprint density at radius 3 is 2.84 bits per heavy atom. The van der Waals surface area contributed by atoms with Crippen molar-refractivity contribution in [3.05, 3.63) is 30.4 Å². The van der Waals surface area contributed by atoms with Crippen LogP contribution < -0.4 is 10.1 Å². The Hall–Kier alpha value is -2.64. The largest absolute Gasteiger partial charge is 0.480 e. The summed E-state index contributed by atoms with van der Waals surface area (Å²) in [4.78, 5) is 19.3. The first kappa shape index (κ1) is 12.8. The maximum absolute atomic E-state index is 11.3. The number of anilines is 1. The fourth-order valence-corrected chi connectivity index (χ4v) is 1.54. The molecule has 2 aromatic heterocycles. The van der Waals surface area contributed by atoms with Crippen molar-refractivity contribution in [3.8, 4) is 5.88 Å². The molecule has 2 heterocycles. The lowest BCUT2D eigenvalue weighted by atomic mass is 10.1. The number of carboxylic acid groups (broad SMARTS) is 1. The van der Waals surface area contributed by atoms with Gasteiger partial charge in [-0.05, 0) is 0 Å². The Bertz CT molecular complexity index is 583. The number of hydrogen-bond donors (Lipinski definition) is 2. The molecular weight excluding hydrogens is 250 g/mol. The molecule has 1 unspecified atom stereocenters. The van der Waals surface area contributed by atoms with E-state index in [1.807, 2.05) is 0 Å². The van der Waals surface area contributed by atoms with Gasteiger partial charge in [0.1, 0.15) is 5.82 Å². The van der Waals surface area contributed by atoms with Gasteiger partial charge in [-0.1, -0.05) is 0 Å². The zero-order chi connectivity index (χ0) is 13.8. The summed E-state index contributed by atoms with van der Waals surface area (Å²) in [5.74, 6) is -0.409. The number of aryl methyl sites for hydroxylation is 1. The highest BCUT2D eigenvalue weighted by molar-refractivity contribution is 5.78. The smallest absolute Gasteiger partial charge is 0.330 e. The lowest BCUT2D eigenvalue weighted by molar-refractivity contribution is -0.138. The molecule has 0 bridgehead atoms. The van der Waals surface area contributed by atoms with Crippen molar-refractivity contribution >= 4 is 11.8 Å². The average molecular weight is 263 g/mol. The molecule has 19 heavy (non-hydrogen) atoms. The summed E-state index contributed by atoms with van der Waals surface area (Å²) in [7, 11) is 3.18. The van der Waals surface area contributed by atoms with E-state index in [-0.39, 0.29) is 0 Å². The number of nitrogens with zero attached hydrogens (tertiary/aromatic N) is 4. The first-order chi connectivity index (χ1) is 9.10. The lowest BCUT2D eigenvalue weighted by Gasteiger charge is -2.13. The number of nitrogens with one attached hydrogen (secondary N) is 1. The molecular formula is C11H13N5O3. The SMILES string of the molecule is COc1cncc(NC(C(=O)O)c2cnn(C)c2)n1. The van der Waals surface area contributed by atoms with Crippen LogP contribution in [0.5, 0.6) is 5.88 Å². The summed E-state index contributed by atoms with van der Waals surface area (Å²) >= 11 is 0. The van der Waals surface area contributed by atoms with E-state index in [1.54, 1.807) is 13.2 Å². The topological polar surface area (TPSA) is 102 Å². The second-order valence-electron chi connectivity index (χ2n) is 3.81. The van der Waals surface area contributed by atoms with Gasteiger partial charge in [0.15, 0.2) is 6.04 Å². The maximum Gasteiger partial charge on any atom is 0.330 e. The molecule has 0 aliphatic carbocycles. The minimum atomic E-state index is -1.03. The van der Waals surface area contributed by atoms with Gasteiger partial charge in [-0.25, -0.2) is 4.79 Å². The Morgan fingerprint density at radius 1 is 1.47 bits per heavy atom. The van der Waals surface area contributed by atoms with Crippen LogP contribution in [-0.4, -0.2) is 37.9 Å². The van der Waals surface area contributed by atoms with Gasteiger partial charge >= 0.3 is 5.97 Å². The minimum absolute atomic E-state index is 0.306. The van der Waals surface area contributed by atoms with E-state index in [9.17, 15) is 9.90 Å². The summed E-state index contributed by atoms with van der Waals surface area (Å²) < 4.78 is 6.46. The van der Waals surface area contributed by atoms with Gasteiger partial charge in [0.2, 0.25) is 5.88 Å². The number of methoxy groups -OCH3 is 1. The molecule has 0 saturated carbocycles. The van der Waals surface area contributed by atoms with Crippen LogP contribution in [0.1, 0.15) is 11.6 Å². The summed E-state index contributed by atoms with van der Waals surface area (Å²) in [6, 6.07) is -0.949. The summed E-state index contributed by atoms with van der Waals surface area (Å²) in [6.45, 7) is 0. The minimum Gasteiger partial charge on any atom is -0.480 e. The van der Waals surface area contributed by atoms with Gasteiger partial charge in [-0.15, -0.1) is 0 Å². The zero-order valence-corrected chi connectivity index (χ0v) is 10.4. The molecule has 0 aliphatic rings. The highest BCUT2D eigenvalue weighted by atomic mass is 16.5. The van der Waals surface area contributed by atoms with E-state index in [1.165, 1.54) is 30.4 Å². The predicted octanol–water partition coefficient (Wildman–Crippen LogP) is 0.456. The summed E-state index contributed by atoms with van der Waals surface area (Å²) in [5.41, 5.74) is 0.527. The van der Waals surface area contributed by atoms with Crippen LogP contribution in [0.25, 0.3) is 0 Å². The van der Waals surface area contributed by atoms with Crippen molar-refractivity contribution in [2.24, 2.45) is 7.05 Å². The fourth-order valence-electron chi connectivity index (χ4n) is 1.54. The molecule has 2 N–H and O–H groups in total. The van der Waals surface area contributed by atoms with Crippen LogP contribution in [0, 0.1) is 0 Å². The molecule has 0 aliphatic heterocycles. The average Bonchev–Trinajstić information content (AvgIpc) is 2.82. The van der Waals surface area contributed by atoms with Crippen molar-refractivity contribution in [1.82, 2.24) is 19.7 Å². The first-order valence-electron chi connectivity index (χ1n) is 5.44. The molecule has 0 aromatic carbocycles. The molecule has 0 saturated heterocycles. The Labute approximate surface area is 109 Å². The molecule has 0 radical (unpaired) electrons. The van der Waals surface area contributed by atoms with Gasteiger partial charge < -0.3 is 15.2 Å². The number of aromatic nitrogens is 4. The number of ether oxygens (including phenoxy) is 1. The maximum atomic E-state index is 11.3. The molecule has 0 spiro atoms. The molecule has 2 aromatic rings. The van der Waals surface area contributed by atoms with Crippen molar-refractivity contribution in [3.63, 3.8) is 0 Å². The van der Waals surface area contributed by atoms with E-state index in [2.05, 4.69) is 20.4 Å². The summed E-state index contributed by atoms with van der Waals surface area (Å²) in [6.07, 6.45) is 5.97.